The van der Waals surface area contributed by atoms with E-state index in [0.29, 0.717) is 18.7 Å². The largest absolute Gasteiger partial charge is 0.351 e. The minimum absolute atomic E-state index is 0.0403. The Hall–Kier alpha value is -1.35. The van der Waals surface area contributed by atoms with Gasteiger partial charge in [0.2, 0.25) is 0 Å². The molecule has 3 nitrogen and oxygen atoms in total. The molecule has 1 aromatic rings. The molecule has 0 bridgehead atoms. The van der Waals surface area contributed by atoms with Crippen molar-refractivity contribution < 1.29 is 4.79 Å². The average molecular weight is 220 g/mol. The lowest BCUT2D eigenvalue weighted by atomic mass is 9.94. The third kappa shape index (κ3) is 3.66. The SMILES string of the molecule is Cc1ccc(C(=O)NCC(C)(C)CN)cc1. The molecule has 0 aliphatic carbocycles. The fourth-order valence-electron chi connectivity index (χ4n) is 1.20. The zero-order valence-electron chi connectivity index (χ0n) is 10.2. The van der Waals surface area contributed by atoms with Crippen LogP contribution in [0.1, 0.15) is 29.8 Å². The summed E-state index contributed by atoms with van der Waals surface area (Å²) in [5.41, 5.74) is 7.39. The van der Waals surface area contributed by atoms with Gasteiger partial charge in [-0.15, -0.1) is 0 Å². The van der Waals surface area contributed by atoms with Crippen LogP contribution in [-0.4, -0.2) is 19.0 Å². The third-order valence-corrected chi connectivity index (χ3v) is 2.59. The van der Waals surface area contributed by atoms with Crippen LogP contribution in [-0.2, 0) is 0 Å². The van der Waals surface area contributed by atoms with Gasteiger partial charge in [-0.25, -0.2) is 0 Å². The van der Waals surface area contributed by atoms with Crippen LogP contribution in [0.5, 0.6) is 0 Å². The van der Waals surface area contributed by atoms with Crippen LogP contribution in [0.25, 0.3) is 0 Å². The highest BCUT2D eigenvalue weighted by molar-refractivity contribution is 5.94. The molecular weight excluding hydrogens is 200 g/mol. The Bertz CT molecular complexity index is 355. The minimum Gasteiger partial charge on any atom is -0.351 e. The summed E-state index contributed by atoms with van der Waals surface area (Å²) >= 11 is 0. The Morgan fingerprint density at radius 1 is 1.31 bits per heavy atom. The Morgan fingerprint density at radius 3 is 2.38 bits per heavy atom. The van der Waals surface area contributed by atoms with E-state index in [1.54, 1.807) is 0 Å². The lowest BCUT2D eigenvalue weighted by Crippen LogP contribution is -2.38. The number of carbonyl (C=O) groups excluding carboxylic acids is 1. The normalized spacial score (nSPS) is 11.2. The molecule has 3 N–H and O–H groups in total. The van der Waals surface area contributed by atoms with E-state index >= 15 is 0 Å². The highest BCUT2D eigenvalue weighted by Crippen LogP contribution is 2.11. The number of nitrogens with two attached hydrogens (primary N) is 1. The zero-order chi connectivity index (χ0) is 12.2. The molecule has 0 atom stereocenters. The number of amides is 1. The topological polar surface area (TPSA) is 55.1 Å². The summed E-state index contributed by atoms with van der Waals surface area (Å²) < 4.78 is 0. The number of nitrogens with one attached hydrogen (secondary N) is 1. The molecule has 1 amide bonds. The molecule has 1 rings (SSSR count). The fourth-order valence-corrected chi connectivity index (χ4v) is 1.20. The molecule has 0 spiro atoms. The number of aryl methyl sites for hydroxylation is 1. The fraction of sp³-hybridized carbons (Fsp3) is 0.462. The molecule has 0 saturated heterocycles. The van der Waals surface area contributed by atoms with Crippen LogP contribution >= 0.6 is 0 Å². The zero-order valence-corrected chi connectivity index (χ0v) is 10.2. The van der Waals surface area contributed by atoms with E-state index in [4.69, 9.17) is 5.73 Å². The van der Waals surface area contributed by atoms with Crippen LogP contribution in [0.2, 0.25) is 0 Å². The smallest absolute Gasteiger partial charge is 0.251 e. The van der Waals surface area contributed by atoms with Crippen molar-refractivity contribution in [2.75, 3.05) is 13.1 Å². The Labute approximate surface area is 97.0 Å². The van der Waals surface area contributed by atoms with Crippen LogP contribution < -0.4 is 11.1 Å². The predicted octanol–water partition coefficient (Wildman–Crippen LogP) is 1.71. The second-order valence-corrected chi connectivity index (χ2v) is 4.92. The maximum atomic E-state index is 11.8. The highest BCUT2D eigenvalue weighted by atomic mass is 16.1. The van der Waals surface area contributed by atoms with Crippen LogP contribution in [0, 0.1) is 12.3 Å². The van der Waals surface area contributed by atoms with Gasteiger partial charge in [-0.3, -0.25) is 4.79 Å². The molecule has 0 aromatic heterocycles. The maximum absolute atomic E-state index is 11.8. The van der Waals surface area contributed by atoms with Crippen molar-refractivity contribution in [2.45, 2.75) is 20.8 Å². The number of carbonyl (C=O) groups is 1. The molecule has 0 aliphatic heterocycles. The summed E-state index contributed by atoms with van der Waals surface area (Å²) in [7, 11) is 0. The molecule has 0 fully saturated rings. The molecule has 3 heteroatoms. The maximum Gasteiger partial charge on any atom is 0.251 e. The van der Waals surface area contributed by atoms with E-state index in [0.717, 1.165) is 5.56 Å². The molecule has 0 radical (unpaired) electrons. The Morgan fingerprint density at radius 2 is 1.88 bits per heavy atom. The first kappa shape index (κ1) is 12.7. The summed E-state index contributed by atoms with van der Waals surface area (Å²) in [4.78, 5) is 11.8. The second-order valence-electron chi connectivity index (χ2n) is 4.92. The van der Waals surface area contributed by atoms with Crippen molar-refractivity contribution in [1.82, 2.24) is 5.32 Å². The van der Waals surface area contributed by atoms with E-state index in [9.17, 15) is 4.79 Å². The Kier molecular flexibility index (Phi) is 4.07. The number of benzene rings is 1. The van der Waals surface area contributed by atoms with E-state index in [1.165, 1.54) is 0 Å². The number of hydrogen-bond donors (Lipinski definition) is 2. The van der Waals surface area contributed by atoms with Gasteiger partial charge in [0.15, 0.2) is 0 Å². The van der Waals surface area contributed by atoms with Crippen molar-refractivity contribution in [3.8, 4) is 0 Å². The quantitative estimate of drug-likeness (QED) is 0.811. The van der Waals surface area contributed by atoms with Crippen LogP contribution in [0.15, 0.2) is 24.3 Å². The molecular formula is C13H20N2O. The van der Waals surface area contributed by atoms with Crippen molar-refractivity contribution in [3.63, 3.8) is 0 Å². The van der Waals surface area contributed by atoms with Crippen molar-refractivity contribution in [1.29, 1.82) is 0 Å². The van der Waals surface area contributed by atoms with Gasteiger partial charge in [-0.2, -0.15) is 0 Å². The first-order chi connectivity index (χ1) is 7.44. The molecule has 88 valence electrons. The standard InChI is InChI=1S/C13H20N2O/c1-10-4-6-11(7-5-10)12(16)15-9-13(2,3)8-14/h4-7H,8-9,14H2,1-3H3,(H,15,16). The summed E-state index contributed by atoms with van der Waals surface area (Å²) in [6, 6.07) is 7.53. The van der Waals surface area contributed by atoms with Gasteiger partial charge < -0.3 is 11.1 Å². The average Bonchev–Trinajstić information content (AvgIpc) is 2.27. The van der Waals surface area contributed by atoms with Crippen molar-refractivity contribution in [3.05, 3.63) is 35.4 Å². The number of hydrogen-bond acceptors (Lipinski definition) is 2. The molecule has 16 heavy (non-hydrogen) atoms. The van der Waals surface area contributed by atoms with Gasteiger partial charge in [0.05, 0.1) is 0 Å². The van der Waals surface area contributed by atoms with Gasteiger partial charge in [0.25, 0.3) is 5.91 Å². The summed E-state index contributed by atoms with van der Waals surface area (Å²) in [5.74, 6) is -0.0403. The van der Waals surface area contributed by atoms with Crippen LogP contribution in [0.3, 0.4) is 0 Å². The second kappa shape index (κ2) is 5.12. The summed E-state index contributed by atoms with van der Waals surface area (Å²) in [5, 5.41) is 2.89. The first-order valence-corrected chi connectivity index (χ1v) is 5.49. The van der Waals surface area contributed by atoms with Crippen LogP contribution in [0.4, 0.5) is 0 Å². The molecule has 0 unspecified atom stereocenters. The number of rotatable bonds is 4. The van der Waals surface area contributed by atoms with Gasteiger partial charge in [0, 0.05) is 12.1 Å². The van der Waals surface area contributed by atoms with Gasteiger partial charge in [-0.1, -0.05) is 31.5 Å². The van der Waals surface area contributed by atoms with E-state index in [2.05, 4.69) is 5.32 Å². The lowest BCUT2D eigenvalue weighted by Gasteiger charge is -2.22. The Balaban J connectivity index is 2.56. The van der Waals surface area contributed by atoms with Gasteiger partial charge in [-0.05, 0) is 31.0 Å². The highest BCUT2D eigenvalue weighted by Gasteiger charge is 2.16. The van der Waals surface area contributed by atoms with Crippen molar-refractivity contribution >= 4 is 5.91 Å². The van der Waals surface area contributed by atoms with E-state index < -0.39 is 0 Å². The van der Waals surface area contributed by atoms with Gasteiger partial charge >= 0.3 is 0 Å². The van der Waals surface area contributed by atoms with E-state index in [1.807, 2.05) is 45.0 Å². The minimum atomic E-state index is -0.0552. The first-order valence-electron chi connectivity index (χ1n) is 5.49. The van der Waals surface area contributed by atoms with E-state index in [-0.39, 0.29) is 11.3 Å². The molecule has 1 aromatic carbocycles. The monoisotopic (exact) mass is 220 g/mol. The molecule has 0 heterocycles. The van der Waals surface area contributed by atoms with Gasteiger partial charge in [0.1, 0.15) is 0 Å². The third-order valence-electron chi connectivity index (χ3n) is 2.59. The lowest BCUT2D eigenvalue weighted by molar-refractivity contribution is 0.0938. The van der Waals surface area contributed by atoms with Crippen molar-refractivity contribution in [2.24, 2.45) is 11.1 Å². The summed E-state index contributed by atoms with van der Waals surface area (Å²) in [6.45, 7) is 7.21. The molecule has 0 aliphatic rings. The predicted molar refractivity (Wildman–Crippen MR) is 66.3 cm³/mol. The summed E-state index contributed by atoms with van der Waals surface area (Å²) in [6.07, 6.45) is 0. The molecule has 0 saturated carbocycles.